The maximum absolute atomic E-state index is 13.3. The lowest BCUT2D eigenvalue weighted by molar-refractivity contribution is -0.0499. The van der Waals surface area contributed by atoms with Gasteiger partial charge in [-0.05, 0) is 72.1 Å². The van der Waals surface area contributed by atoms with Crippen molar-refractivity contribution in [3.05, 3.63) is 97.1 Å². The van der Waals surface area contributed by atoms with Gasteiger partial charge in [0.05, 0.1) is 0 Å². The SMILES string of the molecule is [B]c1c([B])c([B])c(-c2c3ccccc3c(-c3ccc4c(c3)cc(OS(=O)(=O)C(F)(F)F)c3ccccc34)c3ccccc23)c([B])c1[B]. The van der Waals surface area contributed by atoms with Crippen molar-refractivity contribution in [1.82, 2.24) is 0 Å². The van der Waals surface area contributed by atoms with Crippen molar-refractivity contribution in [3.63, 3.8) is 0 Å². The van der Waals surface area contributed by atoms with Gasteiger partial charge < -0.3 is 4.18 Å². The van der Waals surface area contributed by atoms with Crippen molar-refractivity contribution >= 4 is 120 Å². The maximum Gasteiger partial charge on any atom is 0.534 e. The summed E-state index contributed by atoms with van der Waals surface area (Å²) in [7, 11) is 25.8. The second-order valence-corrected chi connectivity index (χ2v) is 12.7. The molecule has 0 fully saturated rings. The average molecular weight is 628 g/mol. The number of fused-ring (bicyclic) bond motifs is 5. The van der Waals surface area contributed by atoms with Gasteiger partial charge in [0.15, 0.2) is 5.75 Å². The van der Waals surface area contributed by atoms with Crippen LogP contribution in [0.4, 0.5) is 13.2 Å². The zero-order chi connectivity index (χ0) is 33.4. The molecule has 0 aliphatic carbocycles. The van der Waals surface area contributed by atoms with Gasteiger partial charge >= 0.3 is 15.6 Å². The van der Waals surface area contributed by atoms with E-state index in [1.807, 2.05) is 60.7 Å². The highest BCUT2D eigenvalue weighted by atomic mass is 32.2. The molecule has 7 aromatic carbocycles. The topological polar surface area (TPSA) is 43.4 Å². The van der Waals surface area contributed by atoms with Crippen LogP contribution in [0.25, 0.3) is 65.3 Å². The molecule has 10 radical (unpaired) electrons. The molecule has 0 amide bonds. The van der Waals surface area contributed by atoms with Crippen LogP contribution in [-0.4, -0.2) is 53.2 Å². The summed E-state index contributed by atoms with van der Waals surface area (Å²) in [5.41, 5.74) is -2.19. The molecule has 0 heterocycles. The first kappa shape index (κ1) is 31.1. The fourth-order valence-corrected chi connectivity index (χ4v) is 6.77. The normalized spacial score (nSPS) is 12.3. The highest BCUT2D eigenvalue weighted by Gasteiger charge is 2.48. The molecule has 0 aliphatic rings. The third-order valence-electron chi connectivity index (χ3n) is 8.47. The smallest absolute Gasteiger partial charge is 0.375 e. The third-order valence-corrected chi connectivity index (χ3v) is 9.44. The van der Waals surface area contributed by atoms with Gasteiger partial charge in [-0.1, -0.05) is 95.9 Å². The minimum atomic E-state index is -5.92. The summed E-state index contributed by atoms with van der Waals surface area (Å²) >= 11 is 0. The van der Waals surface area contributed by atoms with E-state index in [2.05, 4.69) is 4.18 Å². The van der Waals surface area contributed by atoms with E-state index in [0.29, 0.717) is 32.8 Å². The van der Waals surface area contributed by atoms with Gasteiger partial charge in [0.25, 0.3) is 0 Å². The number of halogens is 3. The van der Waals surface area contributed by atoms with Gasteiger partial charge in [0.1, 0.15) is 39.2 Å². The van der Waals surface area contributed by atoms with E-state index in [9.17, 15) is 21.6 Å². The minimum Gasteiger partial charge on any atom is -0.375 e. The summed E-state index contributed by atoms with van der Waals surface area (Å²) in [4.78, 5) is 0. The first-order chi connectivity index (χ1) is 22.3. The highest BCUT2D eigenvalue weighted by molar-refractivity contribution is 7.88. The lowest BCUT2D eigenvalue weighted by atomic mass is 9.59. The van der Waals surface area contributed by atoms with Crippen LogP contribution < -0.4 is 31.5 Å². The van der Waals surface area contributed by atoms with Crippen LogP contribution in [0.5, 0.6) is 5.75 Å². The van der Waals surface area contributed by atoms with Gasteiger partial charge in [-0.3, -0.25) is 0 Å². The van der Waals surface area contributed by atoms with Gasteiger partial charge in [-0.2, -0.15) is 21.6 Å². The van der Waals surface area contributed by atoms with Crippen LogP contribution in [0.2, 0.25) is 0 Å². The molecular formula is C35H16B5F3O3S. The second kappa shape index (κ2) is 11.0. The molecule has 3 nitrogen and oxygen atoms in total. The van der Waals surface area contributed by atoms with Crippen molar-refractivity contribution < 1.29 is 25.8 Å². The van der Waals surface area contributed by atoms with Crippen molar-refractivity contribution in [2.75, 3.05) is 0 Å². The van der Waals surface area contributed by atoms with Gasteiger partial charge in [0.2, 0.25) is 0 Å². The predicted octanol–water partition coefficient (Wildman–Crippen LogP) is 3.83. The van der Waals surface area contributed by atoms with Crippen molar-refractivity contribution in [3.8, 4) is 28.0 Å². The zero-order valence-electron chi connectivity index (χ0n) is 24.4. The van der Waals surface area contributed by atoms with Crippen LogP contribution in [-0.2, 0) is 10.1 Å². The average Bonchev–Trinajstić information content (AvgIpc) is 3.05. The Balaban J connectivity index is 1.56. The molecule has 0 unspecified atom stereocenters. The lowest BCUT2D eigenvalue weighted by Gasteiger charge is -2.25. The Morgan fingerprint density at radius 2 is 0.936 bits per heavy atom. The van der Waals surface area contributed by atoms with Crippen LogP contribution in [0.15, 0.2) is 97.1 Å². The molecule has 0 saturated carbocycles. The second-order valence-electron chi connectivity index (χ2n) is 11.1. The summed E-state index contributed by atoms with van der Waals surface area (Å²) in [6.45, 7) is 0. The maximum atomic E-state index is 13.3. The molecule has 47 heavy (non-hydrogen) atoms. The molecule has 0 saturated heterocycles. The largest absolute Gasteiger partial charge is 0.534 e. The quantitative estimate of drug-likeness (QED) is 0.0981. The first-order valence-corrected chi connectivity index (χ1v) is 15.6. The number of alkyl halides is 3. The van der Waals surface area contributed by atoms with E-state index in [1.165, 1.54) is 12.1 Å². The first-order valence-electron chi connectivity index (χ1n) is 14.2. The van der Waals surface area contributed by atoms with Crippen molar-refractivity contribution in [2.45, 2.75) is 5.51 Å². The summed E-state index contributed by atoms with van der Waals surface area (Å²) in [5.74, 6) is -0.433. The van der Waals surface area contributed by atoms with Crippen molar-refractivity contribution in [2.24, 2.45) is 0 Å². The molecule has 0 atom stereocenters. The Hall–Kier alpha value is -4.56. The molecule has 7 aromatic rings. The monoisotopic (exact) mass is 628 g/mol. The third kappa shape index (κ3) is 4.84. The summed E-state index contributed by atoms with van der Waals surface area (Å²) in [5, 5.41) is 5.09. The van der Waals surface area contributed by atoms with Crippen LogP contribution in [0.3, 0.4) is 0 Å². The molecule has 0 spiro atoms. The van der Waals surface area contributed by atoms with E-state index in [-0.39, 0.29) is 32.7 Å². The standard InChI is InChI=1S/C35H16B5F3O3S/c36-30-29(31(37)33(39)34(40)32(30)38)28-24-11-5-3-9-22(24)27(23-10-4-6-12-25(23)28)17-13-14-19-18(15-17)16-26(21-8-2-1-7-20(19)21)46-47(44,45)35(41,42)43/h1-16H. The number of benzene rings is 7. The Morgan fingerprint density at radius 3 is 1.45 bits per heavy atom. The molecule has 0 bridgehead atoms. The summed E-state index contributed by atoms with van der Waals surface area (Å²) in [6.07, 6.45) is 0. The number of hydrogen-bond acceptors (Lipinski definition) is 3. The minimum absolute atomic E-state index is 0.101. The van der Waals surface area contributed by atoms with E-state index in [0.717, 1.165) is 27.1 Å². The Bertz CT molecular complexity index is 2480. The van der Waals surface area contributed by atoms with Gasteiger partial charge in [-0.15, -0.1) is 16.4 Å². The molecule has 0 aromatic heterocycles. The van der Waals surface area contributed by atoms with E-state index < -0.39 is 21.4 Å². The molecule has 7 rings (SSSR count). The van der Waals surface area contributed by atoms with Gasteiger partial charge in [-0.25, -0.2) is 0 Å². The zero-order valence-corrected chi connectivity index (χ0v) is 25.2. The molecule has 12 heteroatoms. The summed E-state index contributed by atoms with van der Waals surface area (Å²) in [6, 6.07) is 28.6. The van der Waals surface area contributed by atoms with E-state index in [4.69, 9.17) is 39.2 Å². The fourth-order valence-electron chi connectivity index (χ4n) is 6.30. The molecule has 216 valence electrons. The Labute approximate surface area is 275 Å². The fraction of sp³-hybridized carbons (Fsp3) is 0.0286. The Morgan fingerprint density at radius 1 is 0.489 bits per heavy atom. The van der Waals surface area contributed by atoms with Gasteiger partial charge in [0, 0.05) is 5.39 Å². The lowest BCUT2D eigenvalue weighted by Crippen LogP contribution is -2.55. The molecular weight excluding hydrogens is 612 g/mol. The molecule has 0 N–H and O–H groups in total. The molecule has 0 aliphatic heterocycles. The number of hydrogen-bond donors (Lipinski definition) is 0. The predicted molar refractivity (Wildman–Crippen MR) is 190 cm³/mol. The van der Waals surface area contributed by atoms with E-state index in [1.54, 1.807) is 24.3 Å². The van der Waals surface area contributed by atoms with Crippen LogP contribution >= 0.6 is 0 Å². The number of rotatable bonds is 4. The van der Waals surface area contributed by atoms with Crippen molar-refractivity contribution in [1.29, 1.82) is 0 Å². The van der Waals surface area contributed by atoms with Crippen LogP contribution in [0, 0.1) is 0 Å². The Kier molecular flexibility index (Phi) is 7.28. The van der Waals surface area contributed by atoms with Crippen LogP contribution in [0.1, 0.15) is 0 Å². The summed E-state index contributed by atoms with van der Waals surface area (Å²) < 4.78 is 68.8. The van der Waals surface area contributed by atoms with E-state index >= 15 is 0 Å². The highest BCUT2D eigenvalue weighted by Crippen LogP contribution is 2.44.